The summed E-state index contributed by atoms with van der Waals surface area (Å²) in [6.45, 7) is 2.71. The molecule has 5 heteroatoms. The van der Waals surface area contributed by atoms with E-state index in [1.807, 2.05) is 19.1 Å². The van der Waals surface area contributed by atoms with Gasteiger partial charge in [0.25, 0.3) is 5.91 Å². The van der Waals surface area contributed by atoms with E-state index in [9.17, 15) is 4.79 Å². The highest BCUT2D eigenvalue weighted by molar-refractivity contribution is 6.31. The van der Waals surface area contributed by atoms with Crippen molar-refractivity contribution in [1.29, 1.82) is 0 Å². The molecule has 0 unspecified atom stereocenters. The Hall–Kier alpha value is -2.20. The van der Waals surface area contributed by atoms with Gasteiger partial charge < -0.3 is 14.8 Å². The van der Waals surface area contributed by atoms with Crippen LogP contribution >= 0.6 is 11.6 Å². The van der Waals surface area contributed by atoms with E-state index in [0.29, 0.717) is 35.2 Å². The molecule has 1 N–H and O–H groups in total. The summed E-state index contributed by atoms with van der Waals surface area (Å²) in [7, 11) is 1.57. The summed E-state index contributed by atoms with van der Waals surface area (Å²) in [6, 6.07) is 12.5. The molecule has 0 aromatic heterocycles. The molecule has 22 heavy (non-hydrogen) atoms. The molecule has 2 aromatic carbocycles. The number of rotatable bonds is 6. The second-order valence-corrected chi connectivity index (χ2v) is 5.15. The highest BCUT2D eigenvalue weighted by Gasteiger charge is 2.06. The van der Waals surface area contributed by atoms with Gasteiger partial charge in [0, 0.05) is 10.6 Å². The second-order valence-electron chi connectivity index (χ2n) is 4.75. The van der Waals surface area contributed by atoms with Gasteiger partial charge in [-0.05, 0) is 42.8 Å². The molecule has 0 saturated carbocycles. The quantitative estimate of drug-likeness (QED) is 0.829. The highest BCUT2D eigenvalue weighted by Crippen LogP contribution is 2.21. The molecule has 0 spiro atoms. The molecule has 0 bridgehead atoms. The SMILES string of the molecule is COc1cccc(C(=O)NCCOc2ccc(C)c(Cl)c2)c1. The molecule has 1 amide bonds. The number of hydrogen-bond acceptors (Lipinski definition) is 3. The largest absolute Gasteiger partial charge is 0.497 e. The molecule has 4 nitrogen and oxygen atoms in total. The summed E-state index contributed by atoms with van der Waals surface area (Å²) < 4.78 is 10.6. The van der Waals surface area contributed by atoms with Gasteiger partial charge in [-0.15, -0.1) is 0 Å². The van der Waals surface area contributed by atoms with Crippen molar-refractivity contribution in [1.82, 2.24) is 5.32 Å². The van der Waals surface area contributed by atoms with Crippen molar-refractivity contribution in [3.8, 4) is 11.5 Å². The van der Waals surface area contributed by atoms with Gasteiger partial charge in [0.2, 0.25) is 0 Å². The predicted octanol–water partition coefficient (Wildman–Crippen LogP) is 3.47. The van der Waals surface area contributed by atoms with E-state index in [4.69, 9.17) is 21.1 Å². The van der Waals surface area contributed by atoms with Crippen LogP contribution in [-0.2, 0) is 0 Å². The number of carbonyl (C=O) groups is 1. The Labute approximate surface area is 135 Å². The monoisotopic (exact) mass is 319 g/mol. The van der Waals surface area contributed by atoms with Crippen LogP contribution in [0.2, 0.25) is 5.02 Å². The van der Waals surface area contributed by atoms with E-state index in [2.05, 4.69) is 5.32 Å². The van der Waals surface area contributed by atoms with Crippen LogP contribution in [0, 0.1) is 6.92 Å². The molecule has 2 aromatic rings. The summed E-state index contributed by atoms with van der Waals surface area (Å²) >= 11 is 6.02. The third kappa shape index (κ3) is 4.40. The zero-order valence-corrected chi connectivity index (χ0v) is 13.3. The number of nitrogens with one attached hydrogen (secondary N) is 1. The van der Waals surface area contributed by atoms with E-state index in [-0.39, 0.29) is 5.91 Å². The van der Waals surface area contributed by atoms with Gasteiger partial charge in [0.05, 0.1) is 13.7 Å². The first-order chi connectivity index (χ1) is 10.6. The lowest BCUT2D eigenvalue weighted by Gasteiger charge is -2.09. The van der Waals surface area contributed by atoms with Crippen LogP contribution in [0.15, 0.2) is 42.5 Å². The normalized spacial score (nSPS) is 10.1. The summed E-state index contributed by atoms with van der Waals surface area (Å²) in [4.78, 5) is 12.0. The molecule has 0 saturated heterocycles. The second kappa shape index (κ2) is 7.71. The van der Waals surface area contributed by atoms with Gasteiger partial charge in [0.15, 0.2) is 0 Å². The number of ether oxygens (including phenoxy) is 2. The maximum Gasteiger partial charge on any atom is 0.251 e. The zero-order chi connectivity index (χ0) is 15.9. The first-order valence-corrected chi connectivity index (χ1v) is 7.29. The lowest BCUT2D eigenvalue weighted by molar-refractivity contribution is 0.0946. The smallest absolute Gasteiger partial charge is 0.251 e. The van der Waals surface area contributed by atoms with Gasteiger partial charge in [-0.3, -0.25) is 4.79 Å². The summed E-state index contributed by atoms with van der Waals surface area (Å²) in [5.74, 6) is 1.17. The molecule has 0 aliphatic carbocycles. The van der Waals surface area contributed by atoms with Crippen molar-refractivity contribution in [3.63, 3.8) is 0 Å². The Morgan fingerprint density at radius 1 is 1.18 bits per heavy atom. The number of methoxy groups -OCH3 is 1. The summed E-state index contributed by atoms with van der Waals surface area (Å²) in [5, 5.41) is 3.46. The first kappa shape index (κ1) is 16.2. The highest BCUT2D eigenvalue weighted by atomic mass is 35.5. The summed E-state index contributed by atoms with van der Waals surface area (Å²) in [6.07, 6.45) is 0. The van der Waals surface area contributed by atoms with Crippen molar-refractivity contribution >= 4 is 17.5 Å². The van der Waals surface area contributed by atoms with Crippen LogP contribution in [0.25, 0.3) is 0 Å². The Morgan fingerprint density at radius 3 is 2.73 bits per heavy atom. The van der Waals surface area contributed by atoms with Gasteiger partial charge in [-0.25, -0.2) is 0 Å². The molecule has 2 rings (SSSR count). The minimum absolute atomic E-state index is 0.163. The molecule has 0 heterocycles. The Balaban J connectivity index is 1.80. The third-order valence-corrected chi connectivity index (χ3v) is 3.54. The van der Waals surface area contributed by atoms with E-state index >= 15 is 0 Å². The lowest BCUT2D eigenvalue weighted by atomic mass is 10.2. The fourth-order valence-electron chi connectivity index (χ4n) is 1.86. The minimum atomic E-state index is -0.163. The molecule has 0 aliphatic heterocycles. The lowest BCUT2D eigenvalue weighted by Crippen LogP contribution is -2.28. The molecule has 0 aliphatic rings. The van der Waals surface area contributed by atoms with Crippen LogP contribution in [0.5, 0.6) is 11.5 Å². The fourth-order valence-corrected chi connectivity index (χ4v) is 2.03. The number of aryl methyl sites for hydroxylation is 1. The number of halogens is 1. The van der Waals surface area contributed by atoms with Crippen molar-refractivity contribution in [3.05, 3.63) is 58.6 Å². The standard InChI is InChI=1S/C17H18ClNO3/c1-12-6-7-15(11-16(12)18)22-9-8-19-17(20)13-4-3-5-14(10-13)21-2/h3-7,10-11H,8-9H2,1-2H3,(H,19,20). The van der Waals surface area contributed by atoms with Gasteiger partial charge >= 0.3 is 0 Å². The Kier molecular flexibility index (Phi) is 5.67. The average molecular weight is 320 g/mol. The van der Waals surface area contributed by atoms with Crippen LogP contribution in [0.3, 0.4) is 0 Å². The van der Waals surface area contributed by atoms with Crippen LogP contribution in [0.1, 0.15) is 15.9 Å². The first-order valence-electron chi connectivity index (χ1n) is 6.91. The summed E-state index contributed by atoms with van der Waals surface area (Å²) in [5.41, 5.74) is 1.55. The fraction of sp³-hybridized carbons (Fsp3) is 0.235. The average Bonchev–Trinajstić information content (AvgIpc) is 2.54. The molecular weight excluding hydrogens is 302 g/mol. The van der Waals surface area contributed by atoms with Gasteiger partial charge in [0.1, 0.15) is 18.1 Å². The van der Waals surface area contributed by atoms with Crippen molar-refractivity contribution < 1.29 is 14.3 Å². The maximum absolute atomic E-state index is 12.0. The van der Waals surface area contributed by atoms with Gasteiger partial charge in [-0.2, -0.15) is 0 Å². The minimum Gasteiger partial charge on any atom is -0.497 e. The van der Waals surface area contributed by atoms with E-state index < -0.39 is 0 Å². The van der Waals surface area contributed by atoms with Crippen molar-refractivity contribution in [2.24, 2.45) is 0 Å². The molecule has 0 radical (unpaired) electrons. The number of carbonyl (C=O) groups excluding carboxylic acids is 1. The molecular formula is C17H18ClNO3. The van der Waals surface area contributed by atoms with Crippen molar-refractivity contribution in [2.75, 3.05) is 20.3 Å². The van der Waals surface area contributed by atoms with Crippen LogP contribution < -0.4 is 14.8 Å². The van der Waals surface area contributed by atoms with Crippen LogP contribution in [0.4, 0.5) is 0 Å². The Bertz CT molecular complexity index is 658. The maximum atomic E-state index is 12.0. The molecule has 116 valence electrons. The topological polar surface area (TPSA) is 47.6 Å². The van der Waals surface area contributed by atoms with E-state index in [1.165, 1.54) is 0 Å². The van der Waals surface area contributed by atoms with Crippen LogP contribution in [-0.4, -0.2) is 26.2 Å². The van der Waals surface area contributed by atoms with E-state index in [1.54, 1.807) is 37.4 Å². The molecule has 0 fully saturated rings. The van der Waals surface area contributed by atoms with E-state index in [0.717, 1.165) is 5.56 Å². The number of benzene rings is 2. The predicted molar refractivity (Wildman–Crippen MR) is 87.0 cm³/mol. The van der Waals surface area contributed by atoms with Crippen molar-refractivity contribution in [2.45, 2.75) is 6.92 Å². The Morgan fingerprint density at radius 2 is 2.00 bits per heavy atom. The molecule has 0 atom stereocenters. The van der Waals surface area contributed by atoms with Gasteiger partial charge in [-0.1, -0.05) is 23.7 Å². The number of hydrogen-bond donors (Lipinski definition) is 1. The third-order valence-electron chi connectivity index (χ3n) is 3.13. The number of amides is 1. The zero-order valence-electron chi connectivity index (χ0n) is 12.6.